The number of hydrogen-bond donors (Lipinski definition) is 3. The summed E-state index contributed by atoms with van der Waals surface area (Å²) < 4.78 is 68.1. The van der Waals surface area contributed by atoms with Crippen molar-refractivity contribution in [1.82, 2.24) is 15.5 Å². The number of amides is 3. The highest BCUT2D eigenvalue weighted by atomic mass is 35.5. The van der Waals surface area contributed by atoms with E-state index >= 15 is 4.39 Å². The van der Waals surface area contributed by atoms with E-state index in [1.54, 1.807) is 31.7 Å². The lowest BCUT2D eigenvalue weighted by molar-refractivity contribution is -0.139. The van der Waals surface area contributed by atoms with Gasteiger partial charge >= 0.3 is 6.18 Å². The largest absolute Gasteiger partial charge is 0.390 e. The molecular formula is C29H35ClF5N5O3. The molecule has 1 saturated heterocycles. The molecule has 3 amide bonds. The maximum absolute atomic E-state index is 15.0. The Bertz CT molecular complexity index is 1340. The second-order valence-corrected chi connectivity index (χ2v) is 11.3. The SMILES string of the molecule is CC(=O)N[C@@H](C(=O)NCc1ccc(C(=O)Nc2ccc(Cl)cc2N2CCN(CCC(F)(F)F)[C@@H](C)C2)c(F)c1F)C(C)C. The summed E-state index contributed by atoms with van der Waals surface area (Å²) >= 11 is 6.20. The average molecular weight is 632 g/mol. The van der Waals surface area contributed by atoms with Gasteiger partial charge in [0.05, 0.1) is 23.4 Å². The highest BCUT2D eigenvalue weighted by molar-refractivity contribution is 6.31. The molecule has 0 saturated carbocycles. The maximum Gasteiger partial charge on any atom is 0.390 e. The molecule has 0 spiro atoms. The first kappa shape index (κ1) is 34.0. The molecule has 1 heterocycles. The van der Waals surface area contributed by atoms with Gasteiger partial charge in [-0.1, -0.05) is 31.5 Å². The van der Waals surface area contributed by atoms with E-state index in [0.29, 0.717) is 30.3 Å². The number of rotatable bonds is 10. The molecule has 8 nitrogen and oxygen atoms in total. The van der Waals surface area contributed by atoms with Gasteiger partial charge in [-0.05, 0) is 37.1 Å². The van der Waals surface area contributed by atoms with Crippen molar-refractivity contribution in [3.8, 4) is 0 Å². The van der Waals surface area contributed by atoms with Crippen LogP contribution < -0.4 is 20.9 Å². The van der Waals surface area contributed by atoms with Crippen LogP contribution in [0.25, 0.3) is 0 Å². The van der Waals surface area contributed by atoms with Crippen molar-refractivity contribution in [1.29, 1.82) is 0 Å². The predicted octanol–water partition coefficient (Wildman–Crippen LogP) is 5.11. The fraction of sp³-hybridized carbons (Fsp3) is 0.483. The average Bonchev–Trinajstić information content (AvgIpc) is 2.91. The molecule has 0 aromatic heterocycles. The summed E-state index contributed by atoms with van der Waals surface area (Å²) in [5.74, 6) is -4.89. The Morgan fingerprint density at radius 1 is 1.07 bits per heavy atom. The Balaban J connectivity index is 1.72. The zero-order valence-corrected chi connectivity index (χ0v) is 25.0. The van der Waals surface area contributed by atoms with Gasteiger partial charge in [0, 0.05) is 56.3 Å². The topological polar surface area (TPSA) is 93.8 Å². The maximum atomic E-state index is 15.0. The summed E-state index contributed by atoms with van der Waals surface area (Å²) in [5, 5.41) is 7.92. The minimum Gasteiger partial charge on any atom is -0.367 e. The zero-order valence-electron chi connectivity index (χ0n) is 24.2. The number of carbonyl (C=O) groups is 3. The van der Waals surface area contributed by atoms with E-state index in [1.807, 2.05) is 4.90 Å². The van der Waals surface area contributed by atoms with Crippen molar-refractivity contribution >= 4 is 40.7 Å². The van der Waals surface area contributed by atoms with Crippen LogP contribution in [-0.4, -0.2) is 67.1 Å². The van der Waals surface area contributed by atoms with E-state index < -0.39 is 53.6 Å². The molecule has 2 atom stereocenters. The van der Waals surface area contributed by atoms with Crippen molar-refractivity contribution in [2.45, 2.75) is 58.9 Å². The molecule has 43 heavy (non-hydrogen) atoms. The zero-order chi connectivity index (χ0) is 32.1. The number of nitrogens with zero attached hydrogens (tertiary/aromatic N) is 2. The third-order valence-corrected chi connectivity index (χ3v) is 7.40. The van der Waals surface area contributed by atoms with Crippen molar-refractivity contribution in [2.24, 2.45) is 5.92 Å². The molecule has 0 bridgehead atoms. The van der Waals surface area contributed by atoms with Gasteiger partial charge in [0.25, 0.3) is 5.91 Å². The van der Waals surface area contributed by atoms with E-state index in [1.165, 1.54) is 25.1 Å². The Hall–Kier alpha value is -3.45. The Morgan fingerprint density at radius 3 is 2.37 bits per heavy atom. The second-order valence-electron chi connectivity index (χ2n) is 10.9. The van der Waals surface area contributed by atoms with Crippen LogP contribution in [0.5, 0.6) is 0 Å². The van der Waals surface area contributed by atoms with Crippen molar-refractivity contribution in [2.75, 3.05) is 36.4 Å². The normalized spacial score (nSPS) is 16.6. The van der Waals surface area contributed by atoms with Gasteiger partial charge in [0.15, 0.2) is 11.6 Å². The molecule has 0 radical (unpaired) electrons. The van der Waals surface area contributed by atoms with Crippen LogP contribution in [0.2, 0.25) is 5.02 Å². The Labute approximate surface area is 251 Å². The number of piperazine rings is 1. The Kier molecular flexibility index (Phi) is 11.4. The summed E-state index contributed by atoms with van der Waals surface area (Å²) in [5.41, 5.74) is -0.0177. The number of anilines is 2. The van der Waals surface area contributed by atoms with Crippen LogP contribution in [0.4, 0.5) is 33.3 Å². The monoisotopic (exact) mass is 631 g/mol. The smallest absolute Gasteiger partial charge is 0.367 e. The third-order valence-electron chi connectivity index (χ3n) is 7.16. The van der Waals surface area contributed by atoms with E-state index in [2.05, 4.69) is 16.0 Å². The van der Waals surface area contributed by atoms with Crippen LogP contribution in [0, 0.1) is 17.6 Å². The lowest BCUT2D eigenvalue weighted by Gasteiger charge is -2.41. The van der Waals surface area contributed by atoms with Gasteiger partial charge in [-0.2, -0.15) is 13.2 Å². The summed E-state index contributed by atoms with van der Waals surface area (Å²) in [6.07, 6.45) is -5.18. The highest BCUT2D eigenvalue weighted by Gasteiger charge is 2.32. The molecule has 0 unspecified atom stereocenters. The van der Waals surface area contributed by atoms with Crippen LogP contribution in [-0.2, 0) is 16.1 Å². The van der Waals surface area contributed by atoms with E-state index in [9.17, 15) is 31.9 Å². The lowest BCUT2D eigenvalue weighted by atomic mass is 10.0. The Morgan fingerprint density at radius 2 is 1.77 bits per heavy atom. The minimum atomic E-state index is -4.26. The standard InChI is InChI=1S/C29H35ClF5N5O3/c1-16(2)26(37-18(4)41)28(43)36-14-19-5-7-21(25(32)24(19)31)27(42)38-22-8-6-20(30)13-23(22)40-12-11-39(17(3)15-40)10-9-29(33,34)35/h5-8,13,16-17,26H,9-12,14-15H2,1-4H3,(H,36,43)(H,37,41)(H,38,42)/t17-,26+/m0/s1. The molecule has 1 aliphatic rings. The number of carbonyl (C=O) groups excluding carboxylic acids is 3. The first-order valence-corrected chi connectivity index (χ1v) is 14.1. The van der Waals surface area contributed by atoms with E-state index in [-0.39, 0.29) is 36.3 Å². The number of alkyl halides is 3. The van der Waals surface area contributed by atoms with Crippen LogP contribution in [0.15, 0.2) is 30.3 Å². The predicted molar refractivity (Wildman–Crippen MR) is 154 cm³/mol. The fourth-order valence-electron chi connectivity index (χ4n) is 4.83. The minimum absolute atomic E-state index is 0.129. The van der Waals surface area contributed by atoms with Gasteiger partial charge in [-0.15, -0.1) is 0 Å². The van der Waals surface area contributed by atoms with Crippen molar-refractivity contribution < 1.29 is 36.3 Å². The molecule has 0 aliphatic carbocycles. The van der Waals surface area contributed by atoms with E-state index in [0.717, 1.165) is 6.07 Å². The van der Waals surface area contributed by atoms with Crippen LogP contribution in [0.3, 0.4) is 0 Å². The quantitative estimate of drug-likeness (QED) is 0.317. The van der Waals surface area contributed by atoms with Crippen molar-refractivity contribution in [3.63, 3.8) is 0 Å². The first-order chi connectivity index (χ1) is 20.1. The molecule has 1 fully saturated rings. The van der Waals surface area contributed by atoms with Crippen LogP contribution >= 0.6 is 11.6 Å². The number of hydrogen-bond acceptors (Lipinski definition) is 5. The summed E-state index contributed by atoms with van der Waals surface area (Å²) in [7, 11) is 0. The highest BCUT2D eigenvalue weighted by Crippen LogP contribution is 2.32. The summed E-state index contributed by atoms with van der Waals surface area (Å²) in [6, 6.07) is 5.79. The second kappa shape index (κ2) is 14.3. The summed E-state index contributed by atoms with van der Waals surface area (Å²) in [6.45, 7) is 7.05. The molecule has 236 valence electrons. The molecule has 2 aromatic rings. The fourth-order valence-corrected chi connectivity index (χ4v) is 4.99. The van der Waals surface area contributed by atoms with Gasteiger partial charge in [-0.25, -0.2) is 8.78 Å². The van der Waals surface area contributed by atoms with Gasteiger partial charge in [0.2, 0.25) is 11.8 Å². The van der Waals surface area contributed by atoms with Gasteiger partial charge in [-0.3, -0.25) is 19.3 Å². The summed E-state index contributed by atoms with van der Waals surface area (Å²) in [4.78, 5) is 40.5. The van der Waals surface area contributed by atoms with Crippen molar-refractivity contribution in [3.05, 3.63) is 58.1 Å². The molecule has 1 aliphatic heterocycles. The number of benzene rings is 2. The lowest BCUT2D eigenvalue weighted by Crippen LogP contribution is -2.52. The molecule has 3 N–H and O–H groups in total. The first-order valence-electron chi connectivity index (χ1n) is 13.8. The van der Waals surface area contributed by atoms with E-state index in [4.69, 9.17) is 11.6 Å². The number of halogens is 6. The number of nitrogens with one attached hydrogen (secondary N) is 3. The third kappa shape index (κ3) is 9.27. The van der Waals surface area contributed by atoms with Gasteiger partial charge < -0.3 is 20.9 Å². The van der Waals surface area contributed by atoms with Gasteiger partial charge in [0.1, 0.15) is 6.04 Å². The molecule has 14 heteroatoms. The molecule has 3 rings (SSSR count). The van der Waals surface area contributed by atoms with Crippen LogP contribution in [0.1, 0.15) is 50.0 Å². The molecule has 2 aromatic carbocycles. The molecular weight excluding hydrogens is 597 g/mol.